The maximum atomic E-state index is 5.99. The smallest absolute Gasteiger partial charge is 0.0462 e. The van der Waals surface area contributed by atoms with Gasteiger partial charge in [-0.1, -0.05) is 25.7 Å². The summed E-state index contributed by atoms with van der Waals surface area (Å²) < 4.78 is 5.06. The number of alkyl halides is 1. The number of rotatable bonds is 6. The molecule has 0 N–H and O–H groups in total. The largest absolute Gasteiger partial charge is 0.385 e. The van der Waals surface area contributed by atoms with Crippen molar-refractivity contribution in [3.05, 3.63) is 0 Å². The molecule has 1 aliphatic rings. The van der Waals surface area contributed by atoms with Crippen LogP contribution in [-0.4, -0.2) is 19.6 Å². The third kappa shape index (κ3) is 3.86. The Kier molecular flexibility index (Phi) is 5.81. The molecule has 0 aromatic heterocycles. The summed E-state index contributed by atoms with van der Waals surface area (Å²) in [5.41, 5.74) is 0. The fourth-order valence-corrected chi connectivity index (χ4v) is 2.76. The van der Waals surface area contributed by atoms with Gasteiger partial charge in [0.2, 0.25) is 0 Å². The summed E-state index contributed by atoms with van der Waals surface area (Å²) >= 11 is 5.99. The average molecular weight is 205 g/mol. The van der Waals surface area contributed by atoms with Crippen LogP contribution >= 0.6 is 11.6 Å². The molecule has 1 aliphatic carbocycles. The molecule has 1 rings (SSSR count). The summed E-state index contributed by atoms with van der Waals surface area (Å²) in [4.78, 5) is 0. The molecule has 0 heterocycles. The number of halogens is 1. The number of methoxy groups -OCH3 is 1. The highest BCUT2D eigenvalue weighted by Crippen LogP contribution is 2.34. The molecule has 1 atom stereocenters. The molecule has 0 amide bonds. The molecule has 1 nitrogen and oxygen atoms in total. The summed E-state index contributed by atoms with van der Waals surface area (Å²) in [7, 11) is 1.77. The molecule has 0 aliphatic heterocycles. The van der Waals surface area contributed by atoms with Crippen molar-refractivity contribution in [2.24, 2.45) is 11.8 Å². The number of hydrogen-bond donors (Lipinski definition) is 0. The van der Waals surface area contributed by atoms with E-state index in [4.69, 9.17) is 16.3 Å². The molecule has 1 fully saturated rings. The molecular weight excluding hydrogens is 184 g/mol. The SMILES string of the molecule is COCCCC(CCl)C1CCCC1. The van der Waals surface area contributed by atoms with Crippen LogP contribution in [0, 0.1) is 11.8 Å². The molecule has 2 heteroatoms. The topological polar surface area (TPSA) is 9.23 Å². The van der Waals surface area contributed by atoms with Gasteiger partial charge in [0.05, 0.1) is 0 Å². The van der Waals surface area contributed by atoms with Crippen LogP contribution in [0.1, 0.15) is 38.5 Å². The van der Waals surface area contributed by atoms with Crippen LogP contribution in [0.4, 0.5) is 0 Å². The third-order valence-corrected chi connectivity index (χ3v) is 3.58. The molecule has 13 heavy (non-hydrogen) atoms. The fourth-order valence-electron chi connectivity index (χ4n) is 2.36. The summed E-state index contributed by atoms with van der Waals surface area (Å²) in [6.07, 6.45) is 8.08. The van der Waals surface area contributed by atoms with Crippen LogP contribution in [0.15, 0.2) is 0 Å². The van der Waals surface area contributed by atoms with Gasteiger partial charge in [-0.05, 0) is 24.7 Å². The van der Waals surface area contributed by atoms with E-state index in [1.54, 1.807) is 7.11 Å². The quantitative estimate of drug-likeness (QED) is 0.476. The van der Waals surface area contributed by atoms with E-state index in [1.165, 1.54) is 38.5 Å². The van der Waals surface area contributed by atoms with E-state index in [0.29, 0.717) is 0 Å². The Morgan fingerprint density at radius 2 is 2.08 bits per heavy atom. The summed E-state index contributed by atoms with van der Waals surface area (Å²) in [5.74, 6) is 2.50. The second-order valence-corrected chi connectivity index (χ2v) is 4.40. The van der Waals surface area contributed by atoms with E-state index in [1.807, 2.05) is 0 Å². The maximum Gasteiger partial charge on any atom is 0.0462 e. The first kappa shape index (κ1) is 11.3. The molecule has 78 valence electrons. The second-order valence-electron chi connectivity index (χ2n) is 4.09. The lowest BCUT2D eigenvalue weighted by Crippen LogP contribution is -2.14. The van der Waals surface area contributed by atoms with E-state index in [0.717, 1.165) is 24.3 Å². The van der Waals surface area contributed by atoms with E-state index in [2.05, 4.69) is 0 Å². The van der Waals surface area contributed by atoms with Gasteiger partial charge < -0.3 is 4.74 Å². The minimum Gasteiger partial charge on any atom is -0.385 e. The van der Waals surface area contributed by atoms with Crippen molar-refractivity contribution in [2.45, 2.75) is 38.5 Å². The van der Waals surface area contributed by atoms with Gasteiger partial charge in [-0.3, -0.25) is 0 Å². The van der Waals surface area contributed by atoms with E-state index in [-0.39, 0.29) is 0 Å². The second kappa shape index (κ2) is 6.67. The first-order chi connectivity index (χ1) is 6.38. The van der Waals surface area contributed by atoms with Crippen molar-refractivity contribution < 1.29 is 4.74 Å². The lowest BCUT2D eigenvalue weighted by molar-refractivity contribution is 0.182. The van der Waals surface area contributed by atoms with Gasteiger partial charge in [0.15, 0.2) is 0 Å². The third-order valence-electron chi connectivity index (χ3n) is 3.19. The minimum atomic E-state index is 0.749. The van der Waals surface area contributed by atoms with Gasteiger partial charge in [-0.15, -0.1) is 11.6 Å². The molecule has 0 aromatic rings. The summed E-state index contributed by atoms with van der Waals surface area (Å²) in [6, 6.07) is 0. The minimum absolute atomic E-state index is 0.749. The Bertz CT molecular complexity index is 121. The van der Waals surface area contributed by atoms with Crippen molar-refractivity contribution in [1.82, 2.24) is 0 Å². The normalized spacial score (nSPS) is 20.8. The van der Waals surface area contributed by atoms with E-state index >= 15 is 0 Å². The Morgan fingerprint density at radius 3 is 2.62 bits per heavy atom. The summed E-state index contributed by atoms with van der Waals surface area (Å²) in [5, 5.41) is 0. The first-order valence-electron chi connectivity index (χ1n) is 5.43. The van der Waals surface area contributed by atoms with Gasteiger partial charge in [-0.25, -0.2) is 0 Å². The van der Waals surface area contributed by atoms with Gasteiger partial charge in [-0.2, -0.15) is 0 Å². The molecule has 0 radical (unpaired) electrons. The van der Waals surface area contributed by atoms with Crippen LogP contribution < -0.4 is 0 Å². The Morgan fingerprint density at radius 1 is 1.38 bits per heavy atom. The molecule has 1 unspecified atom stereocenters. The van der Waals surface area contributed by atoms with Crippen LogP contribution in [0.25, 0.3) is 0 Å². The van der Waals surface area contributed by atoms with Gasteiger partial charge in [0, 0.05) is 19.6 Å². The van der Waals surface area contributed by atoms with Crippen molar-refractivity contribution in [3.8, 4) is 0 Å². The average Bonchev–Trinajstić information content (AvgIpc) is 2.65. The van der Waals surface area contributed by atoms with Gasteiger partial charge in [0.25, 0.3) is 0 Å². The van der Waals surface area contributed by atoms with Crippen LogP contribution in [0.3, 0.4) is 0 Å². The molecular formula is C11H21ClO. The highest BCUT2D eigenvalue weighted by atomic mass is 35.5. The van der Waals surface area contributed by atoms with Crippen molar-refractivity contribution in [2.75, 3.05) is 19.6 Å². The zero-order valence-electron chi connectivity index (χ0n) is 8.60. The maximum absolute atomic E-state index is 5.99. The van der Waals surface area contributed by atoms with Crippen LogP contribution in [0.5, 0.6) is 0 Å². The van der Waals surface area contributed by atoms with Crippen molar-refractivity contribution in [1.29, 1.82) is 0 Å². The first-order valence-corrected chi connectivity index (χ1v) is 5.97. The monoisotopic (exact) mass is 204 g/mol. The van der Waals surface area contributed by atoms with Crippen molar-refractivity contribution in [3.63, 3.8) is 0 Å². The Labute approximate surface area is 86.8 Å². The fraction of sp³-hybridized carbons (Fsp3) is 1.00. The zero-order chi connectivity index (χ0) is 9.52. The number of hydrogen-bond acceptors (Lipinski definition) is 1. The van der Waals surface area contributed by atoms with Crippen molar-refractivity contribution >= 4 is 11.6 Å². The van der Waals surface area contributed by atoms with Crippen LogP contribution in [-0.2, 0) is 4.74 Å². The lowest BCUT2D eigenvalue weighted by Gasteiger charge is -2.20. The summed E-state index contributed by atoms with van der Waals surface area (Å²) in [6.45, 7) is 0.889. The highest BCUT2D eigenvalue weighted by Gasteiger charge is 2.23. The van der Waals surface area contributed by atoms with E-state index in [9.17, 15) is 0 Å². The van der Waals surface area contributed by atoms with E-state index < -0.39 is 0 Å². The predicted octanol–water partition coefficient (Wildman–Crippen LogP) is 3.46. The zero-order valence-corrected chi connectivity index (χ0v) is 9.35. The molecule has 0 aromatic carbocycles. The lowest BCUT2D eigenvalue weighted by atomic mass is 9.89. The predicted molar refractivity (Wildman–Crippen MR) is 57.3 cm³/mol. The standard InChI is InChI=1S/C11H21ClO/c1-13-8-4-7-11(9-12)10-5-2-3-6-10/h10-11H,2-9H2,1H3. The molecule has 0 bridgehead atoms. The Balaban J connectivity index is 2.16. The number of ether oxygens (including phenoxy) is 1. The van der Waals surface area contributed by atoms with Gasteiger partial charge in [0.1, 0.15) is 0 Å². The van der Waals surface area contributed by atoms with Gasteiger partial charge >= 0.3 is 0 Å². The Hall–Kier alpha value is 0.250. The molecule has 1 saturated carbocycles. The molecule has 0 saturated heterocycles. The highest BCUT2D eigenvalue weighted by molar-refractivity contribution is 6.18. The van der Waals surface area contributed by atoms with Crippen LogP contribution in [0.2, 0.25) is 0 Å². The molecule has 0 spiro atoms.